The molecular formula is C20H30O5. The molecule has 4 atom stereocenters. The van der Waals surface area contributed by atoms with Crippen molar-refractivity contribution in [3.05, 3.63) is 11.6 Å². The van der Waals surface area contributed by atoms with E-state index in [0.29, 0.717) is 25.6 Å². The summed E-state index contributed by atoms with van der Waals surface area (Å²) in [7, 11) is 0. The SMILES string of the molecule is CC1(C)CCC[C@]2(C)[C@H]3C[C@@H](C4(CO)OCCO4)OC(=O)C3=CC[C@@H]12. The second-order valence-corrected chi connectivity index (χ2v) is 9.14. The van der Waals surface area contributed by atoms with E-state index in [2.05, 4.69) is 26.8 Å². The van der Waals surface area contributed by atoms with Gasteiger partial charge in [0.1, 0.15) is 6.61 Å². The van der Waals surface area contributed by atoms with E-state index < -0.39 is 11.9 Å². The third-order valence-electron chi connectivity index (χ3n) is 7.44. The highest BCUT2D eigenvalue weighted by Crippen LogP contribution is 2.62. The zero-order valence-corrected chi connectivity index (χ0v) is 15.5. The lowest BCUT2D eigenvalue weighted by Gasteiger charge is -2.58. The number of fused-ring (bicyclic) bond motifs is 3. The Bertz CT molecular complexity index is 589. The number of carbonyl (C=O) groups excluding carboxylic acids is 1. The maximum Gasteiger partial charge on any atom is 0.334 e. The summed E-state index contributed by atoms with van der Waals surface area (Å²) >= 11 is 0. The highest BCUT2D eigenvalue weighted by molar-refractivity contribution is 5.90. The number of hydrogen-bond donors (Lipinski definition) is 1. The van der Waals surface area contributed by atoms with E-state index >= 15 is 0 Å². The first-order valence-corrected chi connectivity index (χ1v) is 9.62. The number of carbonyl (C=O) groups is 1. The van der Waals surface area contributed by atoms with Crippen LogP contribution in [0.1, 0.15) is 52.9 Å². The van der Waals surface area contributed by atoms with Crippen LogP contribution in [0.25, 0.3) is 0 Å². The molecule has 2 heterocycles. The van der Waals surface area contributed by atoms with E-state index in [9.17, 15) is 9.90 Å². The van der Waals surface area contributed by atoms with Crippen LogP contribution in [0.3, 0.4) is 0 Å². The normalized spacial score (nSPS) is 42.2. The van der Waals surface area contributed by atoms with E-state index in [-0.39, 0.29) is 29.3 Å². The van der Waals surface area contributed by atoms with E-state index in [4.69, 9.17) is 14.2 Å². The fourth-order valence-corrected chi connectivity index (χ4v) is 6.11. The molecular weight excluding hydrogens is 320 g/mol. The van der Waals surface area contributed by atoms with Gasteiger partial charge >= 0.3 is 5.97 Å². The van der Waals surface area contributed by atoms with Crippen LogP contribution in [0, 0.1) is 22.7 Å². The monoisotopic (exact) mass is 350 g/mol. The Morgan fingerprint density at radius 2 is 1.92 bits per heavy atom. The zero-order chi connectivity index (χ0) is 17.9. The molecule has 2 aliphatic carbocycles. The molecule has 0 unspecified atom stereocenters. The largest absolute Gasteiger partial charge is 0.453 e. The zero-order valence-electron chi connectivity index (χ0n) is 15.5. The first-order chi connectivity index (χ1) is 11.8. The lowest BCUT2D eigenvalue weighted by Crippen LogP contribution is -2.57. The van der Waals surface area contributed by atoms with Crippen LogP contribution in [-0.2, 0) is 19.0 Å². The van der Waals surface area contributed by atoms with Crippen LogP contribution in [0.15, 0.2) is 11.6 Å². The number of cyclic esters (lactones) is 1. The minimum atomic E-state index is -1.19. The van der Waals surface area contributed by atoms with Gasteiger partial charge in [-0.2, -0.15) is 0 Å². The average Bonchev–Trinajstić information content (AvgIpc) is 3.05. The summed E-state index contributed by atoms with van der Waals surface area (Å²) in [6.07, 6.45) is 6.76. The predicted octanol–water partition coefficient (Wildman–Crippen LogP) is 2.82. The second-order valence-electron chi connectivity index (χ2n) is 9.14. The van der Waals surface area contributed by atoms with Crippen LogP contribution in [0.2, 0.25) is 0 Å². The number of aliphatic hydroxyl groups is 1. The summed E-state index contributed by atoms with van der Waals surface area (Å²) in [6.45, 7) is 7.65. The van der Waals surface area contributed by atoms with Gasteiger partial charge in [0.05, 0.1) is 13.2 Å². The molecule has 1 N–H and O–H groups in total. The van der Waals surface area contributed by atoms with E-state index in [1.807, 2.05) is 0 Å². The van der Waals surface area contributed by atoms with Crippen molar-refractivity contribution < 1.29 is 24.1 Å². The molecule has 0 radical (unpaired) electrons. The molecule has 0 spiro atoms. The lowest BCUT2D eigenvalue weighted by atomic mass is 9.47. The number of aliphatic hydroxyl groups excluding tert-OH is 1. The topological polar surface area (TPSA) is 65.0 Å². The summed E-state index contributed by atoms with van der Waals surface area (Å²) < 4.78 is 17.1. The van der Waals surface area contributed by atoms with Gasteiger partial charge in [0.15, 0.2) is 6.10 Å². The fourth-order valence-electron chi connectivity index (χ4n) is 6.11. The van der Waals surface area contributed by atoms with Crippen LogP contribution in [-0.4, -0.2) is 42.8 Å². The Balaban J connectivity index is 1.69. The van der Waals surface area contributed by atoms with Crippen molar-refractivity contribution >= 4 is 5.97 Å². The average molecular weight is 350 g/mol. The van der Waals surface area contributed by atoms with E-state index in [1.54, 1.807) is 0 Å². The van der Waals surface area contributed by atoms with Gasteiger partial charge in [-0.15, -0.1) is 0 Å². The Morgan fingerprint density at radius 1 is 1.20 bits per heavy atom. The Labute approximate surface area is 149 Å². The minimum absolute atomic E-state index is 0.0821. The third kappa shape index (κ3) is 2.50. The fraction of sp³-hybridized carbons (Fsp3) is 0.850. The van der Waals surface area contributed by atoms with Gasteiger partial charge in [-0.3, -0.25) is 0 Å². The van der Waals surface area contributed by atoms with Gasteiger partial charge in [-0.25, -0.2) is 4.79 Å². The summed E-state index contributed by atoms with van der Waals surface area (Å²) in [6, 6.07) is 0. The summed E-state index contributed by atoms with van der Waals surface area (Å²) in [5, 5.41) is 9.87. The summed E-state index contributed by atoms with van der Waals surface area (Å²) in [4.78, 5) is 12.7. The molecule has 0 aromatic heterocycles. The van der Waals surface area contributed by atoms with Gasteiger partial charge in [-0.1, -0.05) is 33.3 Å². The number of allylic oxidation sites excluding steroid dienone is 1. The molecule has 5 nitrogen and oxygen atoms in total. The van der Waals surface area contributed by atoms with Crippen LogP contribution < -0.4 is 0 Å². The lowest BCUT2D eigenvalue weighted by molar-refractivity contribution is -0.257. The van der Waals surface area contributed by atoms with Crippen molar-refractivity contribution in [2.24, 2.45) is 22.7 Å². The maximum atomic E-state index is 12.7. The van der Waals surface area contributed by atoms with E-state index in [1.165, 1.54) is 12.8 Å². The van der Waals surface area contributed by atoms with Crippen molar-refractivity contribution in [1.82, 2.24) is 0 Å². The molecule has 5 heteroatoms. The van der Waals surface area contributed by atoms with Crippen molar-refractivity contribution in [2.75, 3.05) is 19.8 Å². The molecule has 0 bridgehead atoms. The molecule has 2 saturated heterocycles. The van der Waals surface area contributed by atoms with Crippen molar-refractivity contribution in [1.29, 1.82) is 0 Å². The molecule has 1 saturated carbocycles. The number of hydrogen-bond acceptors (Lipinski definition) is 5. The molecule has 25 heavy (non-hydrogen) atoms. The van der Waals surface area contributed by atoms with Crippen molar-refractivity contribution in [3.63, 3.8) is 0 Å². The molecule has 0 aromatic rings. The predicted molar refractivity (Wildman–Crippen MR) is 91.6 cm³/mol. The van der Waals surface area contributed by atoms with Crippen LogP contribution in [0.5, 0.6) is 0 Å². The molecule has 4 aliphatic rings. The summed E-state index contributed by atoms with van der Waals surface area (Å²) in [5.74, 6) is -0.733. The Morgan fingerprint density at radius 3 is 2.60 bits per heavy atom. The van der Waals surface area contributed by atoms with Crippen molar-refractivity contribution in [3.8, 4) is 0 Å². The van der Waals surface area contributed by atoms with Gasteiger partial charge in [-0.05, 0) is 42.4 Å². The third-order valence-corrected chi connectivity index (χ3v) is 7.44. The number of esters is 1. The molecule has 4 rings (SSSR count). The Hall–Kier alpha value is -0.910. The highest BCUT2D eigenvalue weighted by atomic mass is 16.8. The second kappa shape index (κ2) is 5.80. The van der Waals surface area contributed by atoms with Crippen molar-refractivity contribution in [2.45, 2.75) is 64.8 Å². The molecule has 3 fully saturated rings. The number of rotatable bonds is 2. The molecule has 0 aromatic carbocycles. The standard InChI is InChI=1S/C20H30O5/c1-18(2)7-4-8-19(3)14-11-16(20(12-21)23-9-10-24-20)25-17(22)13(14)5-6-15(18)19/h5,14-16,21H,4,6-12H2,1-3H3/t14-,15-,16-,19+/m0/s1. The number of ether oxygens (including phenoxy) is 3. The summed E-state index contributed by atoms with van der Waals surface area (Å²) in [5.41, 5.74) is 1.19. The van der Waals surface area contributed by atoms with Gasteiger partial charge in [0.25, 0.3) is 0 Å². The smallest absolute Gasteiger partial charge is 0.334 e. The quantitative estimate of drug-likeness (QED) is 0.776. The van der Waals surface area contributed by atoms with E-state index in [0.717, 1.165) is 18.4 Å². The van der Waals surface area contributed by atoms with Gasteiger partial charge < -0.3 is 19.3 Å². The first kappa shape index (κ1) is 17.5. The maximum absolute atomic E-state index is 12.7. The van der Waals surface area contributed by atoms with Gasteiger partial charge in [0.2, 0.25) is 5.79 Å². The molecule has 0 amide bonds. The molecule has 140 valence electrons. The Kier molecular flexibility index (Phi) is 4.06. The minimum Gasteiger partial charge on any atom is -0.453 e. The first-order valence-electron chi connectivity index (χ1n) is 9.62. The highest BCUT2D eigenvalue weighted by Gasteiger charge is 2.59. The van der Waals surface area contributed by atoms with Crippen LogP contribution >= 0.6 is 0 Å². The molecule has 2 aliphatic heterocycles. The van der Waals surface area contributed by atoms with Crippen LogP contribution in [0.4, 0.5) is 0 Å². The van der Waals surface area contributed by atoms with Gasteiger partial charge in [0, 0.05) is 11.5 Å².